The lowest BCUT2D eigenvalue weighted by Gasteiger charge is -2.44. The first-order valence-corrected chi connectivity index (χ1v) is 10.8. The van der Waals surface area contributed by atoms with E-state index < -0.39 is 0 Å². The van der Waals surface area contributed by atoms with Crippen LogP contribution in [0.25, 0.3) is 0 Å². The molecule has 2 heterocycles. The summed E-state index contributed by atoms with van der Waals surface area (Å²) < 4.78 is 6.07. The van der Waals surface area contributed by atoms with Gasteiger partial charge in [0.15, 0.2) is 5.96 Å². The molecule has 0 unspecified atom stereocenters. The van der Waals surface area contributed by atoms with Crippen molar-refractivity contribution < 1.29 is 4.52 Å². The molecule has 8 heteroatoms. The van der Waals surface area contributed by atoms with Crippen LogP contribution >= 0.6 is 39.9 Å². The van der Waals surface area contributed by atoms with Crippen molar-refractivity contribution in [3.63, 3.8) is 0 Å². The molecule has 1 aromatic heterocycles. The van der Waals surface area contributed by atoms with Gasteiger partial charge in [0.05, 0.1) is 5.69 Å². The van der Waals surface area contributed by atoms with E-state index in [1.807, 2.05) is 13.1 Å². The molecule has 1 aliphatic carbocycles. The van der Waals surface area contributed by atoms with Crippen molar-refractivity contribution in [2.45, 2.75) is 31.2 Å². The Bertz CT molecular complexity index is 784. The number of aliphatic imine (C=N–C) groups is 1. The molecule has 1 aromatic carbocycles. The number of hydrogen-bond acceptors (Lipinski definition) is 4. The van der Waals surface area contributed by atoms with E-state index in [1.54, 1.807) is 6.26 Å². The van der Waals surface area contributed by atoms with Crippen molar-refractivity contribution in [1.29, 1.82) is 0 Å². The number of nitrogens with zero attached hydrogens (tertiary/aromatic N) is 4. The van der Waals surface area contributed by atoms with Crippen molar-refractivity contribution >= 4 is 45.9 Å². The van der Waals surface area contributed by atoms with Gasteiger partial charge in [-0.3, -0.25) is 9.89 Å². The number of piperazine rings is 1. The number of nitrogens with one attached hydrogen (secondary N) is 1. The molecule has 6 nitrogen and oxygen atoms in total. The molecular formula is C21H29BrIN5O. The van der Waals surface area contributed by atoms with Crippen molar-refractivity contribution in [3.8, 4) is 0 Å². The molecule has 4 rings (SSSR count). The predicted octanol–water partition coefficient (Wildman–Crippen LogP) is 3.87. The predicted molar refractivity (Wildman–Crippen MR) is 130 cm³/mol. The Balaban J connectivity index is 0.00000240. The van der Waals surface area contributed by atoms with Gasteiger partial charge in [0, 0.05) is 62.3 Å². The summed E-state index contributed by atoms with van der Waals surface area (Å²) in [5.74, 6) is 1.02. The first kappa shape index (κ1) is 22.6. The van der Waals surface area contributed by atoms with Gasteiger partial charge in [0.2, 0.25) is 0 Å². The van der Waals surface area contributed by atoms with Crippen molar-refractivity contribution in [1.82, 2.24) is 20.3 Å². The van der Waals surface area contributed by atoms with Gasteiger partial charge in [-0.1, -0.05) is 39.6 Å². The van der Waals surface area contributed by atoms with Gasteiger partial charge in [-0.25, -0.2) is 0 Å². The zero-order chi connectivity index (χ0) is 19.4. The van der Waals surface area contributed by atoms with E-state index in [9.17, 15) is 0 Å². The molecular weight excluding hydrogens is 545 g/mol. The number of hydrogen-bond donors (Lipinski definition) is 1. The highest BCUT2D eigenvalue weighted by Crippen LogP contribution is 2.43. The summed E-state index contributed by atoms with van der Waals surface area (Å²) in [5, 5.41) is 7.69. The molecule has 0 amide bonds. The van der Waals surface area contributed by atoms with E-state index in [4.69, 9.17) is 4.52 Å². The Morgan fingerprint density at radius 1 is 1.17 bits per heavy atom. The van der Waals surface area contributed by atoms with Gasteiger partial charge < -0.3 is 14.7 Å². The Hall–Kier alpha value is -1.13. The Morgan fingerprint density at radius 3 is 2.45 bits per heavy atom. The van der Waals surface area contributed by atoms with Crippen LogP contribution in [0.15, 0.2) is 50.6 Å². The summed E-state index contributed by atoms with van der Waals surface area (Å²) in [5.41, 5.74) is 2.67. The highest BCUT2D eigenvalue weighted by Gasteiger charge is 2.39. The SMILES string of the molecule is CN=C(NCC1(c2ccc(Br)cc2)CCC1)N1CCN(Cc2ccon2)CC1.I. The van der Waals surface area contributed by atoms with Crippen LogP contribution in [0, 0.1) is 0 Å². The van der Waals surface area contributed by atoms with Crippen LogP contribution in [0.5, 0.6) is 0 Å². The lowest BCUT2D eigenvalue weighted by molar-refractivity contribution is 0.167. The average Bonchev–Trinajstić information content (AvgIpc) is 3.19. The third kappa shape index (κ3) is 5.32. The summed E-state index contributed by atoms with van der Waals surface area (Å²) in [6.45, 7) is 5.76. The molecule has 0 bridgehead atoms. The second kappa shape index (κ2) is 10.3. The van der Waals surface area contributed by atoms with Crippen molar-refractivity contribution in [3.05, 3.63) is 52.3 Å². The average molecular weight is 574 g/mol. The third-order valence-electron chi connectivity index (χ3n) is 6.11. The number of rotatable bonds is 5. The smallest absolute Gasteiger partial charge is 0.193 e. The number of halogens is 2. The second-order valence-electron chi connectivity index (χ2n) is 7.80. The Kier molecular flexibility index (Phi) is 7.98. The van der Waals surface area contributed by atoms with Crippen LogP contribution in [0.1, 0.15) is 30.5 Å². The molecule has 2 fully saturated rings. The molecule has 2 aromatic rings. The minimum absolute atomic E-state index is 0. The fraction of sp³-hybridized carbons (Fsp3) is 0.524. The number of guanidine groups is 1. The van der Waals surface area contributed by atoms with E-state index in [0.29, 0.717) is 0 Å². The third-order valence-corrected chi connectivity index (χ3v) is 6.64. The summed E-state index contributed by atoms with van der Waals surface area (Å²) >= 11 is 3.55. The minimum Gasteiger partial charge on any atom is -0.364 e. The van der Waals surface area contributed by atoms with Gasteiger partial charge in [0.25, 0.3) is 0 Å². The largest absolute Gasteiger partial charge is 0.364 e. The number of benzene rings is 1. The molecule has 158 valence electrons. The van der Waals surface area contributed by atoms with Gasteiger partial charge in [-0.2, -0.15) is 0 Å². The Labute approximate surface area is 198 Å². The zero-order valence-electron chi connectivity index (χ0n) is 16.8. The van der Waals surface area contributed by atoms with E-state index in [-0.39, 0.29) is 29.4 Å². The van der Waals surface area contributed by atoms with Crippen molar-refractivity contribution in [2.24, 2.45) is 4.99 Å². The van der Waals surface area contributed by atoms with Gasteiger partial charge in [-0.15, -0.1) is 24.0 Å². The fourth-order valence-corrected chi connectivity index (χ4v) is 4.49. The van der Waals surface area contributed by atoms with E-state index in [2.05, 4.69) is 65.5 Å². The van der Waals surface area contributed by atoms with Crippen LogP contribution in [-0.4, -0.2) is 60.7 Å². The maximum absolute atomic E-state index is 4.94. The summed E-state index contributed by atoms with van der Waals surface area (Å²) in [6, 6.07) is 10.8. The minimum atomic E-state index is 0. The zero-order valence-corrected chi connectivity index (χ0v) is 20.7. The quantitative estimate of drug-likeness (QED) is 0.334. The molecule has 2 aliphatic rings. The second-order valence-corrected chi connectivity index (χ2v) is 8.71. The summed E-state index contributed by atoms with van der Waals surface area (Å²) in [7, 11) is 1.89. The molecule has 29 heavy (non-hydrogen) atoms. The summed E-state index contributed by atoms with van der Waals surface area (Å²) in [4.78, 5) is 9.34. The van der Waals surface area contributed by atoms with Gasteiger partial charge in [-0.05, 0) is 30.5 Å². The van der Waals surface area contributed by atoms with Crippen LogP contribution < -0.4 is 5.32 Å². The van der Waals surface area contributed by atoms with Crippen molar-refractivity contribution in [2.75, 3.05) is 39.8 Å². The first-order chi connectivity index (χ1) is 13.7. The molecule has 0 radical (unpaired) electrons. The lowest BCUT2D eigenvalue weighted by atomic mass is 9.64. The van der Waals surface area contributed by atoms with E-state index in [0.717, 1.165) is 55.4 Å². The molecule has 1 N–H and O–H groups in total. The maximum atomic E-state index is 4.94. The Morgan fingerprint density at radius 2 is 1.90 bits per heavy atom. The van der Waals surface area contributed by atoms with Crippen LogP contribution in [-0.2, 0) is 12.0 Å². The molecule has 1 saturated carbocycles. The lowest BCUT2D eigenvalue weighted by Crippen LogP contribution is -2.55. The van der Waals surface area contributed by atoms with Crippen LogP contribution in [0.3, 0.4) is 0 Å². The highest BCUT2D eigenvalue weighted by molar-refractivity contribution is 14.0. The first-order valence-electron chi connectivity index (χ1n) is 10.0. The van der Waals surface area contributed by atoms with Gasteiger partial charge in [0.1, 0.15) is 6.26 Å². The van der Waals surface area contributed by atoms with E-state index >= 15 is 0 Å². The molecule has 0 spiro atoms. The van der Waals surface area contributed by atoms with Gasteiger partial charge >= 0.3 is 0 Å². The van der Waals surface area contributed by atoms with Crippen LogP contribution in [0.2, 0.25) is 0 Å². The monoisotopic (exact) mass is 573 g/mol. The number of aromatic nitrogens is 1. The highest BCUT2D eigenvalue weighted by atomic mass is 127. The molecule has 1 aliphatic heterocycles. The molecule has 1 saturated heterocycles. The van der Waals surface area contributed by atoms with E-state index in [1.165, 1.54) is 24.8 Å². The normalized spacial score (nSPS) is 19.4. The topological polar surface area (TPSA) is 56.9 Å². The summed E-state index contributed by atoms with van der Waals surface area (Å²) in [6.07, 6.45) is 5.42. The van der Waals surface area contributed by atoms with Crippen LogP contribution in [0.4, 0.5) is 0 Å². The standard InChI is InChI=1S/C21H28BrN5O.HI/c1-23-20(27-12-10-26(11-13-27)15-19-7-14-28-25-19)24-16-21(8-2-9-21)17-3-5-18(22)6-4-17;/h3-7,14H,2,8-13,15-16H2,1H3,(H,23,24);1H. The maximum Gasteiger partial charge on any atom is 0.193 e. The fourth-order valence-electron chi connectivity index (χ4n) is 4.22. The molecule has 0 atom stereocenters.